The first-order valence-electron chi connectivity index (χ1n) is 13.7. The Morgan fingerprint density at radius 2 is 1.92 bits per heavy atom. The van der Waals surface area contributed by atoms with Crippen molar-refractivity contribution in [3.05, 3.63) is 77.5 Å². The van der Waals surface area contributed by atoms with E-state index in [2.05, 4.69) is 27.1 Å². The number of aryl methyl sites for hydroxylation is 2. The maximum Gasteiger partial charge on any atom is 0.305 e. The third-order valence-electron chi connectivity index (χ3n) is 7.60. The van der Waals surface area contributed by atoms with Crippen LogP contribution >= 0.6 is 0 Å². The minimum Gasteiger partial charge on any atom is -0.493 e. The van der Waals surface area contributed by atoms with E-state index in [0.717, 1.165) is 65.9 Å². The molecule has 0 bridgehead atoms. The zero-order valence-corrected chi connectivity index (χ0v) is 22.0. The molecule has 1 unspecified atom stereocenters. The summed E-state index contributed by atoms with van der Waals surface area (Å²) in [4.78, 5) is 23.3. The smallest absolute Gasteiger partial charge is 0.305 e. The number of benzene rings is 1. The quantitative estimate of drug-likeness (QED) is 0.345. The molecule has 202 valence electrons. The average molecular weight is 528 g/mol. The van der Waals surface area contributed by atoms with Gasteiger partial charge in [-0.3, -0.25) is 19.4 Å². The van der Waals surface area contributed by atoms with E-state index >= 15 is 0 Å². The Labute approximate surface area is 227 Å². The summed E-state index contributed by atoms with van der Waals surface area (Å²) in [5, 5.41) is 15.2. The van der Waals surface area contributed by atoms with Gasteiger partial charge in [-0.2, -0.15) is 5.10 Å². The Balaban J connectivity index is 1.18. The van der Waals surface area contributed by atoms with Crippen molar-refractivity contribution >= 4 is 22.6 Å². The van der Waals surface area contributed by atoms with Crippen LogP contribution in [0.15, 0.2) is 55.0 Å². The monoisotopic (exact) mass is 527 g/mol. The highest BCUT2D eigenvalue weighted by Gasteiger charge is 2.23. The molecule has 1 aromatic carbocycles. The molecule has 0 saturated carbocycles. The van der Waals surface area contributed by atoms with Crippen molar-refractivity contribution in [1.82, 2.24) is 19.7 Å². The molecule has 0 radical (unpaired) electrons. The van der Waals surface area contributed by atoms with Crippen LogP contribution in [0.2, 0.25) is 0 Å². The number of nitrogens with zero attached hydrogens (tertiary/aromatic N) is 5. The topological polar surface area (TPSA) is 103 Å². The van der Waals surface area contributed by atoms with Crippen molar-refractivity contribution in [3.63, 3.8) is 0 Å². The zero-order valence-electron chi connectivity index (χ0n) is 22.0. The van der Waals surface area contributed by atoms with Crippen LogP contribution in [0, 0.1) is 0 Å². The van der Waals surface area contributed by atoms with Gasteiger partial charge in [-0.1, -0.05) is 6.07 Å². The van der Waals surface area contributed by atoms with Gasteiger partial charge in [0.25, 0.3) is 0 Å². The van der Waals surface area contributed by atoms with E-state index in [1.807, 2.05) is 30.5 Å². The van der Waals surface area contributed by atoms with Crippen molar-refractivity contribution in [1.29, 1.82) is 0 Å². The van der Waals surface area contributed by atoms with E-state index in [1.165, 1.54) is 24.1 Å². The number of hydrogen-bond acceptors (Lipinski definition) is 7. The Morgan fingerprint density at radius 3 is 2.79 bits per heavy atom. The summed E-state index contributed by atoms with van der Waals surface area (Å²) in [7, 11) is 0. The number of carboxylic acid groups (broad SMARTS) is 1. The van der Waals surface area contributed by atoms with Crippen LogP contribution < -0.4 is 9.64 Å². The lowest BCUT2D eigenvalue weighted by Crippen LogP contribution is -2.36. The second-order valence-corrected chi connectivity index (χ2v) is 10.2. The maximum absolute atomic E-state index is 11.9. The third kappa shape index (κ3) is 5.73. The molecule has 4 aromatic rings. The van der Waals surface area contributed by atoms with E-state index in [-0.39, 0.29) is 6.42 Å². The number of hydrogen-bond donors (Lipinski definition) is 1. The second kappa shape index (κ2) is 11.4. The number of rotatable bonds is 9. The first kappa shape index (κ1) is 25.3. The fourth-order valence-electron chi connectivity index (χ4n) is 5.54. The van der Waals surface area contributed by atoms with Crippen molar-refractivity contribution in [3.8, 4) is 5.75 Å². The molecule has 4 heterocycles. The van der Waals surface area contributed by atoms with Gasteiger partial charge in [0, 0.05) is 42.5 Å². The van der Waals surface area contributed by atoms with Crippen LogP contribution in [0.3, 0.4) is 0 Å². The lowest BCUT2D eigenvalue weighted by atomic mass is 9.96. The van der Waals surface area contributed by atoms with Crippen LogP contribution in [0.1, 0.15) is 47.8 Å². The first-order chi connectivity index (χ1) is 19.1. The van der Waals surface area contributed by atoms with Crippen LogP contribution in [-0.4, -0.2) is 63.7 Å². The first-order valence-corrected chi connectivity index (χ1v) is 13.7. The molecule has 1 aliphatic carbocycles. The van der Waals surface area contributed by atoms with Crippen LogP contribution in [-0.2, 0) is 28.8 Å². The molecule has 9 nitrogen and oxygen atoms in total. The standard InChI is InChI=1S/C30H33N5O4/c36-30(37)17-29(22-15-25(20-31-18-22)34-10-13-38-14-11-34)35-28-8-7-26(16-23(28)19-32-35)39-12-9-24-6-5-21-3-1-2-4-27(21)33-24/h5-8,15-16,18-20,29H,1-4,9-14,17H2,(H,36,37). The van der Waals surface area contributed by atoms with E-state index < -0.39 is 12.0 Å². The van der Waals surface area contributed by atoms with E-state index in [1.54, 1.807) is 17.1 Å². The number of carbonyl (C=O) groups is 1. The van der Waals surface area contributed by atoms with Gasteiger partial charge in [0.15, 0.2) is 0 Å². The van der Waals surface area contributed by atoms with Crippen molar-refractivity contribution in [2.24, 2.45) is 0 Å². The molecule has 39 heavy (non-hydrogen) atoms. The number of aromatic nitrogens is 4. The highest BCUT2D eigenvalue weighted by atomic mass is 16.5. The highest BCUT2D eigenvalue weighted by molar-refractivity contribution is 5.81. The molecule has 9 heteroatoms. The molecule has 1 atom stereocenters. The number of aliphatic carboxylic acids is 1. The number of fused-ring (bicyclic) bond motifs is 2. The van der Waals surface area contributed by atoms with Crippen LogP contribution in [0.4, 0.5) is 5.69 Å². The maximum atomic E-state index is 11.9. The van der Waals surface area contributed by atoms with Crippen molar-refractivity contribution < 1.29 is 19.4 Å². The van der Waals surface area contributed by atoms with Gasteiger partial charge in [-0.05, 0) is 67.1 Å². The molecule has 0 amide bonds. The van der Waals surface area contributed by atoms with Gasteiger partial charge in [0.05, 0.1) is 55.9 Å². The van der Waals surface area contributed by atoms with Gasteiger partial charge < -0.3 is 19.5 Å². The fraction of sp³-hybridized carbons (Fsp3) is 0.400. The molecule has 2 aliphatic rings. The molecular weight excluding hydrogens is 494 g/mol. The molecule has 1 fully saturated rings. The summed E-state index contributed by atoms with van der Waals surface area (Å²) in [5.41, 5.74) is 6.32. The number of anilines is 1. The molecule has 0 spiro atoms. The van der Waals surface area contributed by atoms with Crippen molar-refractivity contribution in [2.75, 3.05) is 37.8 Å². The SMILES string of the molecule is O=C(O)CC(c1cncc(N2CCOCC2)c1)n1ncc2cc(OCCc3ccc4c(n3)CCCC4)ccc21. The summed E-state index contributed by atoms with van der Waals surface area (Å²) >= 11 is 0. The molecule has 3 aromatic heterocycles. The summed E-state index contributed by atoms with van der Waals surface area (Å²) in [6.45, 7) is 3.43. The summed E-state index contributed by atoms with van der Waals surface area (Å²) < 4.78 is 13.3. The van der Waals surface area contributed by atoms with E-state index in [9.17, 15) is 9.90 Å². The fourth-order valence-corrected chi connectivity index (χ4v) is 5.54. The summed E-state index contributed by atoms with van der Waals surface area (Å²) in [6.07, 6.45) is 10.6. The van der Waals surface area contributed by atoms with Gasteiger partial charge in [-0.25, -0.2) is 0 Å². The van der Waals surface area contributed by atoms with Gasteiger partial charge in [0.2, 0.25) is 0 Å². The Morgan fingerprint density at radius 1 is 1.05 bits per heavy atom. The average Bonchev–Trinajstić information content (AvgIpc) is 3.39. The minimum absolute atomic E-state index is 0.100. The van der Waals surface area contributed by atoms with Crippen LogP contribution in [0.25, 0.3) is 10.9 Å². The van der Waals surface area contributed by atoms with E-state index in [4.69, 9.17) is 14.5 Å². The Hall–Kier alpha value is -3.98. The van der Waals surface area contributed by atoms with Gasteiger partial charge in [0.1, 0.15) is 5.75 Å². The normalized spacial score (nSPS) is 16.2. The second-order valence-electron chi connectivity index (χ2n) is 10.2. The lowest BCUT2D eigenvalue weighted by molar-refractivity contribution is -0.137. The van der Waals surface area contributed by atoms with Crippen molar-refractivity contribution in [2.45, 2.75) is 44.6 Å². The molecule has 1 N–H and O–H groups in total. The van der Waals surface area contributed by atoms with Crippen LogP contribution in [0.5, 0.6) is 5.75 Å². The van der Waals surface area contributed by atoms with Gasteiger partial charge >= 0.3 is 5.97 Å². The largest absolute Gasteiger partial charge is 0.493 e. The zero-order chi connectivity index (χ0) is 26.6. The molecule has 1 aliphatic heterocycles. The molecular formula is C30H33N5O4. The molecule has 1 saturated heterocycles. The highest BCUT2D eigenvalue weighted by Crippen LogP contribution is 2.30. The Kier molecular flexibility index (Phi) is 7.40. The summed E-state index contributed by atoms with van der Waals surface area (Å²) in [5.74, 6) is -0.137. The predicted molar refractivity (Wildman–Crippen MR) is 147 cm³/mol. The Bertz CT molecular complexity index is 1460. The molecule has 6 rings (SSSR count). The predicted octanol–water partition coefficient (Wildman–Crippen LogP) is 4.23. The summed E-state index contributed by atoms with van der Waals surface area (Å²) in [6, 6.07) is 11.7. The lowest BCUT2D eigenvalue weighted by Gasteiger charge is -2.29. The number of ether oxygens (including phenoxy) is 2. The number of carboxylic acids is 1. The minimum atomic E-state index is -0.892. The third-order valence-corrected chi connectivity index (χ3v) is 7.60. The van der Waals surface area contributed by atoms with Gasteiger partial charge in [-0.15, -0.1) is 0 Å². The number of morpholine rings is 1. The number of pyridine rings is 2. The van der Waals surface area contributed by atoms with E-state index in [0.29, 0.717) is 19.8 Å².